The van der Waals surface area contributed by atoms with Crippen molar-refractivity contribution in [3.8, 4) is 0 Å². The number of methoxy groups -OCH3 is 1. The number of imide groups is 1. The van der Waals surface area contributed by atoms with Crippen LogP contribution in [-0.4, -0.2) is 84.4 Å². The molecule has 1 saturated heterocycles. The molecule has 0 aromatic heterocycles. The maximum Gasteiger partial charge on any atom is 0.338 e. The Morgan fingerprint density at radius 2 is 1.57 bits per heavy atom. The van der Waals surface area contributed by atoms with Crippen LogP contribution in [0, 0.1) is 6.92 Å². The van der Waals surface area contributed by atoms with Gasteiger partial charge in [-0.25, -0.2) is 9.69 Å². The topological polar surface area (TPSA) is 137 Å². The molecule has 0 radical (unpaired) electrons. The number of carbonyl (C=O) groups excluding carboxylic acids is 4. The first-order valence-electron chi connectivity index (χ1n) is 14.1. The molecule has 5 rings (SSSR count). The molecule has 0 saturated carbocycles. The number of nitrogens with zero attached hydrogens (tertiary/aromatic N) is 3. The van der Waals surface area contributed by atoms with Gasteiger partial charge in [0, 0.05) is 49.9 Å². The lowest BCUT2D eigenvalue weighted by molar-refractivity contribution is -0.138. The summed E-state index contributed by atoms with van der Waals surface area (Å²) in [7, 11) is 1.27. The molecule has 0 aliphatic carbocycles. The number of esters is 1. The number of benzene rings is 3. The Labute approximate surface area is 254 Å². The van der Waals surface area contributed by atoms with E-state index in [1.807, 2.05) is 30.3 Å². The number of hydrogen-bond acceptors (Lipinski definition) is 8. The first-order valence-corrected chi connectivity index (χ1v) is 14.1. The third-order valence-corrected chi connectivity index (χ3v) is 7.72. The number of carboxylic acids is 1. The van der Waals surface area contributed by atoms with Crippen LogP contribution in [0.3, 0.4) is 0 Å². The molecule has 0 spiro atoms. The van der Waals surface area contributed by atoms with Crippen LogP contribution in [0.15, 0.2) is 66.7 Å². The van der Waals surface area contributed by atoms with Gasteiger partial charge < -0.3 is 20.1 Å². The Bertz CT molecular complexity index is 1670. The van der Waals surface area contributed by atoms with Gasteiger partial charge in [-0.1, -0.05) is 30.3 Å². The van der Waals surface area contributed by atoms with Gasteiger partial charge in [0.05, 0.1) is 36.2 Å². The Balaban J connectivity index is 1.49. The molecule has 226 valence electrons. The third-order valence-electron chi connectivity index (χ3n) is 7.72. The van der Waals surface area contributed by atoms with E-state index >= 15 is 0 Å². The fourth-order valence-electron chi connectivity index (χ4n) is 5.51. The average molecular weight is 597 g/mol. The number of nitrogens with one attached hydrogen (secondary N) is 1. The third kappa shape index (κ3) is 5.95. The number of fused-ring (bicyclic) bond motifs is 1. The van der Waals surface area contributed by atoms with E-state index in [2.05, 4.69) is 5.32 Å². The molecular formula is C33H32N4O7. The summed E-state index contributed by atoms with van der Waals surface area (Å²) in [6.45, 7) is 4.81. The number of hydrogen-bond donors (Lipinski definition) is 2. The lowest BCUT2D eigenvalue weighted by Crippen LogP contribution is -2.49. The Morgan fingerprint density at radius 3 is 2.16 bits per heavy atom. The predicted octanol–water partition coefficient (Wildman–Crippen LogP) is 3.50. The lowest BCUT2D eigenvalue weighted by Gasteiger charge is -2.33. The van der Waals surface area contributed by atoms with Crippen LogP contribution < -0.4 is 10.2 Å². The molecule has 3 amide bonds. The van der Waals surface area contributed by atoms with Crippen LogP contribution in [0.25, 0.3) is 11.3 Å². The normalized spacial score (nSPS) is 15.9. The highest BCUT2D eigenvalue weighted by molar-refractivity contribution is 6.44. The van der Waals surface area contributed by atoms with Crippen LogP contribution in [0.4, 0.5) is 11.4 Å². The first-order chi connectivity index (χ1) is 21.1. The zero-order chi connectivity index (χ0) is 31.5. The molecule has 1 fully saturated rings. The van der Waals surface area contributed by atoms with Crippen LogP contribution in [0.1, 0.15) is 44.3 Å². The van der Waals surface area contributed by atoms with Crippen molar-refractivity contribution in [3.63, 3.8) is 0 Å². The van der Waals surface area contributed by atoms with E-state index in [0.29, 0.717) is 65.5 Å². The molecular weight excluding hydrogens is 564 g/mol. The highest BCUT2D eigenvalue weighted by Crippen LogP contribution is 2.43. The van der Waals surface area contributed by atoms with Crippen molar-refractivity contribution in [1.29, 1.82) is 0 Å². The number of aryl methyl sites for hydroxylation is 1. The maximum absolute atomic E-state index is 13.9. The minimum Gasteiger partial charge on any atom is -0.480 e. The van der Waals surface area contributed by atoms with Crippen LogP contribution in [0.5, 0.6) is 0 Å². The van der Waals surface area contributed by atoms with E-state index in [0.717, 1.165) is 4.90 Å². The summed E-state index contributed by atoms with van der Waals surface area (Å²) in [5.74, 6) is -2.64. The van der Waals surface area contributed by atoms with Gasteiger partial charge in [0.25, 0.3) is 11.8 Å². The van der Waals surface area contributed by atoms with E-state index in [-0.39, 0.29) is 23.6 Å². The number of carbonyl (C=O) groups is 5. The molecule has 3 aromatic carbocycles. The second kappa shape index (κ2) is 12.5. The summed E-state index contributed by atoms with van der Waals surface area (Å²) in [6, 6.07) is 19.3. The largest absolute Gasteiger partial charge is 0.480 e. The molecule has 11 heteroatoms. The number of anilines is 2. The zero-order valence-electron chi connectivity index (χ0n) is 24.6. The minimum absolute atomic E-state index is 0.0508. The van der Waals surface area contributed by atoms with E-state index in [9.17, 15) is 24.0 Å². The smallest absolute Gasteiger partial charge is 0.338 e. The first kappa shape index (κ1) is 30.2. The molecule has 0 unspecified atom stereocenters. The molecule has 3 aromatic rings. The SMILES string of the molecule is COC(=O)c1cc2c(cc1C)C(=C(Nc1ccc(C(=O)N3CCN(CC(=O)O)CC3)cc1)c1ccccc1)C(=O)N2C(C)=O. The van der Waals surface area contributed by atoms with E-state index in [1.54, 1.807) is 47.1 Å². The van der Waals surface area contributed by atoms with Crippen molar-refractivity contribution in [2.75, 3.05) is 50.1 Å². The summed E-state index contributed by atoms with van der Waals surface area (Å²) in [6.07, 6.45) is 0. The Kier molecular flexibility index (Phi) is 8.59. The molecule has 0 atom stereocenters. The van der Waals surface area contributed by atoms with Crippen LogP contribution in [-0.2, 0) is 19.1 Å². The van der Waals surface area contributed by atoms with Crippen LogP contribution >= 0.6 is 0 Å². The van der Waals surface area contributed by atoms with Gasteiger partial charge >= 0.3 is 11.9 Å². The Hall–Kier alpha value is -5.29. The fraction of sp³-hybridized carbons (Fsp3) is 0.242. The monoisotopic (exact) mass is 596 g/mol. The molecule has 2 aliphatic heterocycles. The molecule has 2 N–H and O–H groups in total. The second-order valence-electron chi connectivity index (χ2n) is 10.6. The number of ether oxygens (including phenoxy) is 1. The van der Waals surface area contributed by atoms with Crippen molar-refractivity contribution >= 4 is 52.3 Å². The van der Waals surface area contributed by atoms with E-state index in [4.69, 9.17) is 9.84 Å². The summed E-state index contributed by atoms with van der Waals surface area (Å²) >= 11 is 0. The molecule has 0 bridgehead atoms. The van der Waals surface area contributed by atoms with Crippen molar-refractivity contribution in [3.05, 3.63) is 94.5 Å². The van der Waals surface area contributed by atoms with Gasteiger partial charge in [-0.15, -0.1) is 0 Å². The number of rotatable bonds is 7. The van der Waals surface area contributed by atoms with E-state index in [1.165, 1.54) is 20.1 Å². The molecule has 44 heavy (non-hydrogen) atoms. The molecule has 2 aliphatic rings. The highest BCUT2D eigenvalue weighted by atomic mass is 16.5. The zero-order valence-corrected chi connectivity index (χ0v) is 24.6. The molecule has 2 heterocycles. The predicted molar refractivity (Wildman–Crippen MR) is 164 cm³/mol. The van der Waals surface area contributed by atoms with Crippen LogP contribution in [0.2, 0.25) is 0 Å². The van der Waals surface area contributed by atoms with Gasteiger partial charge in [-0.05, 0) is 54.4 Å². The maximum atomic E-state index is 13.9. The van der Waals surface area contributed by atoms with Gasteiger partial charge in [0.2, 0.25) is 5.91 Å². The van der Waals surface area contributed by atoms with Crippen molar-refractivity contribution in [2.45, 2.75) is 13.8 Å². The van der Waals surface area contributed by atoms with Gasteiger partial charge in [0.1, 0.15) is 0 Å². The summed E-state index contributed by atoms with van der Waals surface area (Å²) in [4.78, 5) is 67.7. The van der Waals surface area contributed by atoms with Crippen molar-refractivity contribution < 1.29 is 33.8 Å². The number of amides is 3. The fourth-order valence-corrected chi connectivity index (χ4v) is 5.51. The standard InChI is InChI=1S/C33H32N4O7/c1-20-17-26-27(18-25(20)33(43)44-3)37(21(2)38)32(42)29(26)30(22-7-5-4-6-8-22)34-24-11-9-23(10-12-24)31(41)36-15-13-35(14-16-36)19-28(39)40/h4-12,17-18,34H,13-16,19H2,1-3H3,(H,39,40). The van der Waals surface area contributed by atoms with Crippen molar-refractivity contribution in [2.24, 2.45) is 0 Å². The number of carboxylic acid groups (broad SMARTS) is 1. The number of piperazine rings is 1. The quantitative estimate of drug-likeness (QED) is 0.310. The van der Waals surface area contributed by atoms with E-state index < -0.39 is 23.8 Å². The Morgan fingerprint density at radius 1 is 0.909 bits per heavy atom. The number of aliphatic carboxylic acids is 1. The second-order valence-corrected chi connectivity index (χ2v) is 10.6. The minimum atomic E-state index is -0.893. The summed E-state index contributed by atoms with van der Waals surface area (Å²) in [5, 5.41) is 12.4. The summed E-state index contributed by atoms with van der Waals surface area (Å²) in [5.41, 5.74) is 4.14. The van der Waals surface area contributed by atoms with Gasteiger partial charge in [-0.3, -0.25) is 24.1 Å². The lowest BCUT2D eigenvalue weighted by atomic mass is 9.96. The highest BCUT2D eigenvalue weighted by Gasteiger charge is 2.39. The van der Waals surface area contributed by atoms with Crippen molar-refractivity contribution in [1.82, 2.24) is 9.80 Å². The average Bonchev–Trinajstić information content (AvgIpc) is 3.30. The summed E-state index contributed by atoms with van der Waals surface area (Å²) < 4.78 is 4.90. The van der Waals surface area contributed by atoms with Gasteiger partial charge in [0.15, 0.2) is 0 Å². The van der Waals surface area contributed by atoms with Gasteiger partial charge in [-0.2, -0.15) is 0 Å². The molecule has 11 nitrogen and oxygen atoms in total.